The minimum Gasteiger partial charge on any atom is -0.392 e. The van der Waals surface area contributed by atoms with Crippen LogP contribution in [0.3, 0.4) is 0 Å². The molecule has 14 heavy (non-hydrogen) atoms. The molecule has 0 bridgehead atoms. The molecule has 3 unspecified atom stereocenters. The molecular formula is C12H26OS. The van der Waals surface area contributed by atoms with Gasteiger partial charge in [0.1, 0.15) is 0 Å². The third-order valence-electron chi connectivity index (χ3n) is 2.82. The number of aliphatic hydroxyl groups excluding tert-OH is 1. The van der Waals surface area contributed by atoms with Gasteiger partial charge in [0.15, 0.2) is 0 Å². The highest BCUT2D eigenvalue weighted by Gasteiger charge is 2.12. The van der Waals surface area contributed by atoms with Crippen molar-refractivity contribution < 1.29 is 5.11 Å². The van der Waals surface area contributed by atoms with Gasteiger partial charge in [0.05, 0.1) is 6.10 Å². The summed E-state index contributed by atoms with van der Waals surface area (Å²) in [6.07, 6.45) is 5.10. The third-order valence-corrected chi connectivity index (χ3v) is 4.40. The Morgan fingerprint density at radius 1 is 1.21 bits per heavy atom. The maximum Gasteiger partial charge on any atom is 0.0627 e. The first-order chi connectivity index (χ1) is 6.61. The number of hydrogen-bond acceptors (Lipinski definition) is 2. The highest BCUT2D eigenvalue weighted by Crippen LogP contribution is 2.22. The van der Waals surface area contributed by atoms with Gasteiger partial charge in [0.25, 0.3) is 0 Å². The van der Waals surface area contributed by atoms with E-state index in [9.17, 15) is 5.11 Å². The Kier molecular flexibility index (Phi) is 8.80. The predicted octanol–water partition coefficient (Wildman–Crippen LogP) is 3.71. The van der Waals surface area contributed by atoms with Crippen molar-refractivity contribution in [3.63, 3.8) is 0 Å². The van der Waals surface area contributed by atoms with Crippen LogP contribution in [0.4, 0.5) is 0 Å². The van der Waals surface area contributed by atoms with E-state index in [2.05, 4.69) is 20.8 Å². The summed E-state index contributed by atoms with van der Waals surface area (Å²) in [6.45, 7) is 8.51. The van der Waals surface area contributed by atoms with Crippen LogP contribution in [-0.4, -0.2) is 22.2 Å². The maximum absolute atomic E-state index is 9.36. The van der Waals surface area contributed by atoms with Gasteiger partial charge in [-0.3, -0.25) is 0 Å². The Morgan fingerprint density at radius 3 is 2.29 bits per heavy atom. The van der Waals surface area contributed by atoms with Gasteiger partial charge in [-0.2, -0.15) is 11.8 Å². The minimum atomic E-state index is -0.177. The zero-order valence-electron chi connectivity index (χ0n) is 10.1. The smallest absolute Gasteiger partial charge is 0.0627 e. The SMILES string of the molecule is CCCCC(CC)CSC(C)C(C)O. The maximum atomic E-state index is 9.36. The highest BCUT2D eigenvalue weighted by molar-refractivity contribution is 7.99. The lowest BCUT2D eigenvalue weighted by Crippen LogP contribution is -2.17. The van der Waals surface area contributed by atoms with Crippen LogP contribution in [0.2, 0.25) is 0 Å². The van der Waals surface area contributed by atoms with Crippen molar-refractivity contribution in [2.45, 2.75) is 64.7 Å². The second-order valence-electron chi connectivity index (χ2n) is 4.20. The van der Waals surface area contributed by atoms with E-state index in [4.69, 9.17) is 0 Å². The molecule has 1 nitrogen and oxygen atoms in total. The molecule has 2 heteroatoms. The van der Waals surface area contributed by atoms with E-state index < -0.39 is 0 Å². The summed E-state index contributed by atoms with van der Waals surface area (Å²) >= 11 is 1.92. The second kappa shape index (κ2) is 8.60. The summed E-state index contributed by atoms with van der Waals surface area (Å²) < 4.78 is 0. The molecule has 0 amide bonds. The Balaban J connectivity index is 3.60. The quantitative estimate of drug-likeness (QED) is 0.670. The largest absolute Gasteiger partial charge is 0.392 e. The Morgan fingerprint density at radius 2 is 1.86 bits per heavy atom. The summed E-state index contributed by atoms with van der Waals surface area (Å²) in [6, 6.07) is 0. The summed E-state index contributed by atoms with van der Waals surface area (Å²) in [4.78, 5) is 0. The van der Waals surface area contributed by atoms with Crippen molar-refractivity contribution in [2.75, 3.05) is 5.75 Å². The van der Waals surface area contributed by atoms with Crippen LogP contribution in [0, 0.1) is 5.92 Å². The standard InChI is InChI=1S/C12H26OS/c1-5-7-8-12(6-2)9-14-11(4)10(3)13/h10-13H,5-9H2,1-4H3. The van der Waals surface area contributed by atoms with Crippen molar-refractivity contribution in [1.29, 1.82) is 0 Å². The molecule has 1 N–H and O–H groups in total. The van der Waals surface area contributed by atoms with Crippen LogP contribution in [0.1, 0.15) is 53.4 Å². The summed E-state index contributed by atoms with van der Waals surface area (Å²) in [7, 11) is 0. The Labute approximate surface area is 93.7 Å². The van der Waals surface area contributed by atoms with Crippen LogP contribution >= 0.6 is 11.8 Å². The molecular weight excluding hydrogens is 192 g/mol. The van der Waals surface area contributed by atoms with Gasteiger partial charge < -0.3 is 5.11 Å². The number of hydrogen-bond donors (Lipinski definition) is 1. The first-order valence-electron chi connectivity index (χ1n) is 5.91. The number of aliphatic hydroxyl groups is 1. The molecule has 0 aromatic heterocycles. The normalized spacial score (nSPS) is 17.8. The molecule has 86 valence electrons. The number of unbranched alkanes of at least 4 members (excludes halogenated alkanes) is 1. The highest BCUT2D eigenvalue weighted by atomic mass is 32.2. The first kappa shape index (κ1) is 14.3. The molecule has 0 fully saturated rings. The van der Waals surface area contributed by atoms with E-state index in [0.29, 0.717) is 5.25 Å². The van der Waals surface area contributed by atoms with Crippen molar-refractivity contribution in [3.05, 3.63) is 0 Å². The molecule has 0 aliphatic carbocycles. The molecule has 0 aromatic carbocycles. The van der Waals surface area contributed by atoms with Crippen LogP contribution in [0.5, 0.6) is 0 Å². The summed E-state index contributed by atoms with van der Waals surface area (Å²) in [5.41, 5.74) is 0. The zero-order chi connectivity index (χ0) is 11.0. The molecule has 0 heterocycles. The van der Waals surface area contributed by atoms with Crippen molar-refractivity contribution >= 4 is 11.8 Å². The molecule has 0 aliphatic rings. The van der Waals surface area contributed by atoms with E-state index in [1.54, 1.807) is 0 Å². The molecule has 0 rings (SSSR count). The second-order valence-corrected chi connectivity index (χ2v) is 5.61. The van der Waals surface area contributed by atoms with Gasteiger partial charge in [-0.1, -0.05) is 40.0 Å². The average molecular weight is 218 g/mol. The third kappa shape index (κ3) is 6.72. The molecule has 0 saturated heterocycles. The van der Waals surface area contributed by atoms with E-state index >= 15 is 0 Å². The Bertz CT molecular complexity index is 125. The van der Waals surface area contributed by atoms with Gasteiger partial charge in [0, 0.05) is 5.25 Å². The van der Waals surface area contributed by atoms with Crippen LogP contribution in [0.25, 0.3) is 0 Å². The fourth-order valence-electron chi connectivity index (χ4n) is 1.33. The zero-order valence-corrected chi connectivity index (χ0v) is 10.9. The lowest BCUT2D eigenvalue weighted by molar-refractivity contribution is 0.196. The Hall–Kier alpha value is 0.310. The fraction of sp³-hybridized carbons (Fsp3) is 1.00. The van der Waals surface area contributed by atoms with Gasteiger partial charge in [-0.05, 0) is 25.0 Å². The molecule has 0 radical (unpaired) electrons. The van der Waals surface area contributed by atoms with E-state index in [0.717, 1.165) is 5.92 Å². The van der Waals surface area contributed by atoms with Gasteiger partial charge in [0.2, 0.25) is 0 Å². The topological polar surface area (TPSA) is 20.2 Å². The van der Waals surface area contributed by atoms with E-state index in [1.165, 1.54) is 31.4 Å². The summed E-state index contributed by atoms with van der Waals surface area (Å²) in [5.74, 6) is 2.06. The molecule has 0 saturated carbocycles. The molecule has 0 spiro atoms. The molecule has 0 aromatic rings. The molecule has 0 aliphatic heterocycles. The van der Waals surface area contributed by atoms with Crippen molar-refractivity contribution in [1.82, 2.24) is 0 Å². The van der Waals surface area contributed by atoms with Gasteiger partial charge >= 0.3 is 0 Å². The average Bonchev–Trinajstić information content (AvgIpc) is 2.17. The van der Waals surface area contributed by atoms with Crippen molar-refractivity contribution in [2.24, 2.45) is 5.92 Å². The van der Waals surface area contributed by atoms with Crippen LogP contribution < -0.4 is 0 Å². The monoisotopic (exact) mass is 218 g/mol. The van der Waals surface area contributed by atoms with Gasteiger partial charge in [-0.15, -0.1) is 0 Å². The van der Waals surface area contributed by atoms with Crippen LogP contribution in [0.15, 0.2) is 0 Å². The van der Waals surface area contributed by atoms with Gasteiger partial charge in [-0.25, -0.2) is 0 Å². The number of thioether (sulfide) groups is 1. The minimum absolute atomic E-state index is 0.177. The van der Waals surface area contributed by atoms with E-state index in [1.807, 2.05) is 18.7 Å². The fourth-order valence-corrected chi connectivity index (χ4v) is 2.58. The lowest BCUT2D eigenvalue weighted by Gasteiger charge is -2.19. The number of rotatable bonds is 8. The van der Waals surface area contributed by atoms with Crippen molar-refractivity contribution in [3.8, 4) is 0 Å². The lowest BCUT2D eigenvalue weighted by atomic mass is 10.0. The first-order valence-corrected chi connectivity index (χ1v) is 6.96. The molecule has 3 atom stereocenters. The van der Waals surface area contributed by atoms with E-state index in [-0.39, 0.29) is 6.10 Å². The van der Waals surface area contributed by atoms with Crippen LogP contribution in [-0.2, 0) is 0 Å². The predicted molar refractivity (Wildman–Crippen MR) is 66.9 cm³/mol. The summed E-state index contributed by atoms with van der Waals surface area (Å²) in [5, 5.41) is 9.74.